The number of nitrogens with zero attached hydrogens (tertiary/aromatic N) is 3. The molecule has 0 bridgehead atoms. The highest BCUT2D eigenvalue weighted by Gasteiger charge is 2.23. The van der Waals surface area contributed by atoms with Gasteiger partial charge in [-0.15, -0.1) is 0 Å². The minimum atomic E-state index is 0.598. The van der Waals surface area contributed by atoms with Gasteiger partial charge in [0.2, 0.25) is 5.89 Å². The molecular weight excluding hydrogens is 695 g/mol. The third kappa shape index (κ3) is 5.58. The molecule has 0 fully saturated rings. The number of para-hydroxylation sites is 3. The molecule has 0 spiro atoms. The number of hydrogen-bond acceptors (Lipinski definition) is 3. The molecule has 11 rings (SSSR count). The zero-order valence-electron chi connectivity index (χ0n) is 31.0. The average molecular weight is 730 g/mol. The molecule has 0 N–H and O–H groups in total. The van der Waals surface area contributed by atoms with E-state index < -0.39 is 0 Å². The van der Waals surface area contributed by atoms with Gasteiger partial charge in [-0.25, -0.2) is 4.98 Å². The van der Waals surface area contributed by atoms with Crippen LogP contribution in [0.15, 0.2) is 217 Å². The fourth-order valence-corrected chi connectivity index (χ4v) is 8.38. The molecule has 0 unspecified atom stereocenters. The molecule has 0 aliphatic rings. The summed E-state index contributed by atoms with van der Waals surface area (Å²) in [4.78, 5) is 7.24. The Kier molecular flexibility index (Phi) is 7.78. The SMILES string of the molecule is c1ccc(-c2nc3cccc(N(c4ccc(-c5ccc6c7c8ccccc8ccc7n(-c7ccccc7)c6c5)cc4)c4ccccc4-c4ccccc4)c3o2)cc1. The molecule has 9 aromatic carbocycles. The molecule has 4 nitrogen and oxygen atoms in total. The summed E-state index contributed by atoms with van der Waals surface area (Å²) in [7, 11) is 0. The summed E-state index contributed by atoms with van der Waals surface area (Å²) in [6, 6.07) is 75.1. The Morgan fingerprint density at radius 1 is 0.439 bits per heavy atom. The van der Waals surface area contributed by atoms with Crippen LogP contribution in [0.4, 0.5) is 17.1 Å². The summed E-state index contributed by atoms with van der Waals surface area (Å²) in [5.74, 6) is 0.598. The highest BCUT2D eigenvalue weighted by atomic mass is 16.3. The minimum Gasteiger partial charge on any atom is -0.434 e. The minimum absolute atomic E-state index is 0.598. The van der Waals surface area contributed by atoms with Crippen molar-refractivity contribution in [2.24, 2.45) is 0 Å². The molecule has 2 aromatic heterocycles. The largest absolute Gasteiger partial charge is 0.434 e. The van der Waals surface area contributed by atoms with E-state index in [9.17, 15) is 0 Å². The van der Waals surface area contributed by atoms with Gasteiger partial charge < -0.3 is 13.9 Å². The fraction of sp³-hybridized carbons (Fsp3) is 0. The highest BCUT2D eigenvalue weighted by molar-refractivity contribution is 6.21. The van der Waals surface area contributed by atoms with Crippen LogP contribution in [0.5, 0.6) is 0 Å². The normalized spacial score (nSPS) is 11.5. The van der Waals surface area contributed by atoms with E-state index in [2.05, 4.69) is 185 Å². The second kappa shape index (κ2) is 13.6. The second-order valence-corrected chi connectivity index (χ2v) is 14.4. The van der Waals surface area contributed by atoms with Crippen molar-refractivity contribution in [3.8, 4) is 39.4 Å². The first-order valence-electron chi connectivity index (χ1n) is 19.3. The standard InChI is InChI=1S/C53H35N3O/c1-4-15-37(16-5-1)43-22-12-13-25-47(43)55(49-26-14-24-46-52(49)57-53(54-46)39-18-6-2-7-19-39)42-31-27-36(28-32-42)40-29-33-45-50(35-40)56(41-20-8-3-9-21-41)48-34-30-38-17-10-11-23-44(38)51(45)48/h1-35H. The summed E-state index contributed by atoms with van der Waals surface area (Å²) in [5.41, 5.74) is 13.5. The summed E-state index contributed by atoms with van der Waals surface area (Å²) in [6.07, 6.45) is 0. The van der Waals surface area contributed by atoms with E-state index in [4.69, 9.17) is 9.40 Å². The maximum Gasteiger partial charge on any atom is 0.227 e. The van der Waals surface area contributed by atoms with Crippen molar-refractivity contribution < 1.29 is 4.42 Å². The van der Waals surface area contributed by atoms with Crippen molar-refractivity contribution >= 4 is 60.7 Å². The number of hydrogen-bond donors (Lipinski definition) is 0. The van der Waals surface area contributed by atoms with Crippen molar-refractivity contribution in [3.63, 3.8) is 0 Å². The van der Waals surface area contributed by atoms with Crippen LogP contribution in [0.1, 0.15) is 0 Å². The van der Waals surface area contributed by atoms with Crippen LogP contribution >= 0.6 is 0 Å². The lowest BCUT2D eigenvalue weighted by Gasteiger charge is -2.28. The van der Waals surface area contributed by atoms with Crippen molar-refractivity contribution in [1.29, 1.82) is 0 Å². The van der Waals surface area contributed by atoms with Gasteiger partial charge >= 0.3 is 0 Å². The first-order chi connectivity index (χ1) is 28.3. The molecule has 57 heavy (non-hydrogen) atoms. The number of oxazole rings is 1. The predicted molar refractivity (Wildman–Crippen MR) is 237 cm³/mol. The van der Waals surface area contributed by atoms with E-state index in [1.54, 1.807) is 0 Å². The quantitative estimate of drug-likeness (QED) is 0.164. The molecule has 2 heterocycles. The molecule has 0 aliphatic heterocycles. The Labute approximate surface area is 330 Å². The van der Waals surface area contributed by atoms with Crippen LogP contribution in [-0.2, 0) is 0 Å². The first-order valence-corrected chi connectivity index (χ1v) is 19.3. The predicted octanol–water partition coefficient (Wildman–Crippen LogP) is 14.5. The maximum atomic E-state index is 6.63. The molecule has 0 saturated carbocycles. The van der Waals surface area contributed by atoms with Gasteiger partial charge in [-0.2, -0.15) is 0 Å². The van der Waals surface area contributed by atoms with Crippen LogP contribution in [0.2, 0.25) is 0 Å². The Hall–Kier alpha value is -7.69. The molecule has 0 aliphatic carbocycles. The number of rotatable bonds is 7. The van der Waals surface area contributed by atoms with Crippen LogP contribution in [0.3, 0.4) is 0 Å². The topological polar surface area (TPSA) is 34.2 Å². The number of fused-ring (bicyclic) bond motifs is 6. The highest BCUT2D eigenvalue weighted by Crippen LogP contribution is 2.45. The lowest BCUT2D eigenvalue weighted by Crippen LogP contribution is -2.11. The number of benzene rings is 9. The monoisotopic (exact) mass is 729 g/mol. The molecule has 0 saturated heterocycles. The van der Waals surface area contributed by atoms with Crippen molar-refractivity contribution in [1.82, 2.24) is 9.55 Å². The van der Waals surface area contributed by atoms with E-state index in [-0.39, 0.29) is 0 Å². The van der Waals surface area contributed by atoms with Crippen LogP contribution in [0, 0.1) is 0 Å². The van der Waals surface area contributed by atoms with E-state index in [0.29, 0.717) is 5.89 Å². The molecule has 0 radical (unpaired) electrons. The first kappa shape index (κ1) is 32.7. The third-order valence-corrected chi connectivity index (χ3v) is 11.0. The second-order valence-electron chi connectivity index (χ2n) is 14.4. The Bertz CT molecular complexity index is 3220. The van der Waals surface area contributed by atoms with Gasteiger partial charge in [0.25, 0.3) is 0 Å². The zero-order chi connectivity index (χ0) is 37.7. The molecule has 0 atom stereocenters. The summed E-state index contributed by atoms with van der Waals surface area (Å²) >= 11 is 0. The van der Waals surface area contributed by atoms with Gasteiger partial charge in [-0.05, 0) is 94.2 Å². The van der Waals surface area contributed by atoms with Gasteiger partial charge in [0.05, 0.1) is 22.4 Å². The van der Waals surface area contributed by atoms with E-state index >= 15 is 0 Å². The molecule has 11 aromatic rings. The Morgan fingerprint density at radius 2 is 1.11 bits per heavy atom. The lowest BCUT2D eigenvalue weighted by atomic mass is 10.00. The molecule has 4 heteroatoms. The van der Waals surface area contributed by atoms with Gasteiger partial charge in [-0.1, -0.05) is 146 Å². The van der Waals surface area contributed by atoms with E-state index in [0.717, 1.165) is 61.7 Å². The van der Waals surface area contributed by atoms with Crippen LogP contribution in [0.25, 0.3) is 83.1 Å². The molecular formula is C53H35N3O. The Morgan fingerprint density at radius 3 is 1.91 bits per heavy atom. The van der Waals surface area contributed by atoms with E-state index in [1.807, 2.05) is 36.4 Å². The lowest BCUT2D eigenvalue weighted by molar-refractivity contribution is 0.620. The van der Waals surface area contributed by atoms with Gasteiger partial charge in [0, 0.05) is 33.3 Å². The average Bonchev–Trinajstić information content (AvgIpc) is 3.88. The zero-order valence-corrected chi connectivity index (χ0v) is 31.0. The van der Waals surface area contributed by atoms with Crippen molar-refractivity contribution in [2.75, 3.05) is 4.90 Å². The Balaban J connectivity index is 1.08. The van der Waals surface area contributed by atoms with E-state index in [1.165, 1.54) is 32.6 Å². The summed E-state index contributed by atoms with van der Waals surface area (Å²) in [6.45, 7) is 0. The van der Waals surface area contributed by atoms with Crippen LogP contribution < -0.4 is 4.90 Å². The fourth-order valence-electron chi connectivity index (χ4n) is 8.38. The van der Waals surface area contributed by atoms with Gasteiger partial charge in [0.15, 0.2) is 5.58 Å². The smallest absolute Gasteiger partial charge is 0.227 e. The number of aromatic nitrogens is 2. The van der Waals surface area contributed by atoms with Gasteiger partial charge in [0.1, 0.15) is 5.52 Å². The third-order valence-electron chi connectivity index (χ3n) is 11.0. The number of anilines is 3. The molecule has 268 valence electrons. The molecule has 0 amide bonds. The summed E-state index contributed by atoms with van der Waals surface area (Å²) < 4.78 is 9.03. The van der Waals surface area contributed by atoms with Crippen molar-refractivity contribution in [2.45, 2.75) is 0 Å². The van der Waals surface area contributed by atoms with Gasteiger partial charge in [-0.3, -0.25) is 0 Å². The maximum absolute atomic E-state index is 6.63. The summed E-state index contributed by atoms with van der Waals surface area (Å²) in [5, 5.41) is 5.02. The van der Waals surface area contributed by atoms with Crippen molar-refractivity contribution in [3.05, 3.63) is 212 Å². The van der Waals surface area contributed by atoms with Crippen LogP contribution in [-0.4, -0.2) is 9.55 Å².